The van der Waals surface area contributed by atoms with Crippen molar-refractivity contribution in [2.24, 2.45) is 0 Å². The Hall–Kier alpha value is -1.09. The van der Waals surface area contributed by atoms with E-state index >= 15 is 0 Å². The molecular formula is C8H11ClN2O. The van der Waals surface area contributed by atoms with Crippen LogP contribution in [0.15, 0.2) is 24.5 Å². The van der Waals surface area contributed by atoms with E-state index in [2.05, 4.69) is 4.98 Å². The molecule has 1 amide bonds. The van der Waals surface area contributed by atoms with Gasteiger partial charge in [-0.2, -0.15) is 0 Å². The highest BCUT2D eigenvalue weighted by Crippen LogP contribution is 1.98. The zero-order valence-electron chi connectivity index (χ0n) is 7.02. The van der Waals surface area contributed by atoms with Crippen molar-refractivity contribution in [1.82, 2.24) is 9.88 Å². The topological polar surface area (TPSA) is 33.2 Å². The van der Waals surface area contributed by atoms with Crippen LogP contribution in [0.1, 0.15) is 10.4 Å². The quantitative estimate of drug-likeness (QED) is 0.661. The van der Waals surface area contributed by atoms with Gasteiger partial charge in [-0.25, -0.2) is 0 Å². The van der Waals surface area contributed by atoms with E-state index in [1.54, 1.807) is 38.6 Å². The molecule has 4 heteroatoms. The van der Waals surface area contributed by atoms with E-state index in [1.165, 1.54) is 4.90 Å². The maximum atomic E-state index is 11.2. The van der Waals surface area contributed by atoms with E-state index in [0.717, 1.165) is 0 Å². The van der Waals surface area contributed by atoms with Crippen molar-refractivity contribution in [3.05, 3.63) is 30.1 Å². The summed E-state index contributed by atoms with van der Waals surface area (Å²) >= 11 is 0. The van der Waals surface area contributed by atoms with Gasteiger partial charge >= 0.3 is 0 Å². The summed E-state index contributed by atoms with van der Waals surface area (Å²) in [5.74, 6) is 0.00685. The van der Waals surface area contributed by atoms with Crippen molar-refractivity contribution in [2.75, 3.05) is 14.1 Å². The number of hydrogen-bond donors (Lipinski definition) is 0. The van der Waals surface area contributed by atoms with Crippen molar-refractivity contribution < 1.29 is 4.79 Å². The predicted molar refractivity (Wildman–Crippen MR) is 49.5 cm³/mol. The van der Waals surface area contributed by atoms with Crippen LogP contribution in [0.2, 0.25) is 0 Å². The van der Waals surface area contributed by atoms with Crippen molar-refractivity contribution in [3.63, 3.8) is 0 Å². The Morgan fingerprint density at radius 3 is 2.25 bits per heavy atom. The van der Waals surface area contributed by atoms with E-state index in [4.69, 9.17) is 0 Å². The van der Waals surface area contributed by atoms with Crippen LogP contribution in [0.25, 0.3) is 0 Å². The van der Waals surface area contributed by atoms with Gasteiger partial charge in [-0.1, -0.05) is 0 Å². The van der Waals surface area contributed by atoms with Crippen LogP contribution in [-0.2, 0) is 0 Å². The standard InChI is InChI=1S/C8H10N2O.ClH/c1-10(2)8(11)7-3-5-9-6-4-7;/h3-6H,1-2H3;1H. The average Bonchev–Trinajstić information content (AvgIpc) is 2.05. The van der Waals surface area contributed by atoms with Crippen LogP contribution in [0.3, 0.4) is 0 Å². The van der Waals surface area contributed by atoms with Crippen LogP contribution in [-0.4, -0.2) is 29.9 Å². The molecule has 0 bridgehead atoms. The lowest BCUT2D eigenvalue weighted by molar-refractivity contribution is 0.0827. The number of carbonyl (C=O) groups is 1. The zero-order valence-corrected chi connectivity index (χ0v) is 7.84. The summed E-state index contributed by atoms with van der Waals surface area (Å²) in [6.07, 6.45) is 3.22. The number of pyridine rings is 1. The minimum absolute atomic E-state index is 0. The first-order valence-electron chi connectivity index (χ1n) is 3.33. The molecule has 0 unspecified atom stereocenters. The predicted octanol–water partition coefficient (Wildman–Crippen LogP) is 1.21. The zero-order chi connectivity index (χ0) is 8.27. The highest BCUT2D eigenvalue weighted by Gasteiger charge is 2.05. The fourth-order valence-electron chi connectivity index (χ4n) is 0.753. The molecule has 66 valence electrons. The summed E-state index contributed by atoms with van der Waals surface area (Å²) < 4.78 is 0. The fourth-order valence-corrected chi connectivity index (χ4v) is 0.753. The summed E-state index contributed by atoms with van der Waals surface area (Å²) in [4.78, 5) is 16.6. The molecule has 1 rings (SSSR count). The number of hydrogen-bond acceptors (Lipinski definition) is 2. The molecular weight excluding hydrogens is 176 g/mol. The van der Waals surface area contributed by atoms with E-state index < -0.39 is 0 Å². The van der Waals surface area contributed by atoms with Gasteiger partial charge in [0.15, 0.2) is 0 Å². The number of halogens is 1. The molecule has 0 aliphatic carbocycles. The van der Waals surface area contributed by atoms with Crippen LogP contribution in [0.5, 0.6) is 0 Å². The second kappa shape index (κ2) is 4.72. The molecule has 0 saturated heterocycles. The molecule has 1 heterocycles. The monoisotopic (exact) mass is 186 g/mol. The van der Waals surface area contributed by atoms with Crippen LogP contribution >= 0.6 is 12.4 Å². The highest BCUT2D eigenvalue weighted by molar-refractivity contribution is 5.93. The van der Waals surface area contributed by atoms with E-state index in [0.29, 0.717) is 5.56 Å². The largest absolute Gasteiger partial charge is 0.345 e. The summed E-state index contributed by atoms with van der Waals surface area (Å²) in [7, 11) is 3.45. The summed E-state index contributed by atoms with van der Waals surface area (Å²) in [5, 5.41) is 0. The van der Waals surface area contributed by atoms with Crippen LogP contribution in [0, 0.1) is 0 Å². The van der Waals surface area contributed by atoms with Gasteiger partial charge in [0.05, 0.1) is 0 Å². The van der Waals surface area contributed by atoms with Gasteiger partial charge in [-0.05, 0) is 12.1 Å². The Morgan fingerprint density at radius 2 is 1.83 bits per heavy atom. The fraction of sp³-hybridized carbons (Fsp3) is 0.250. The Kier molecular flexibility index (Phi) is 4.29. The lowest BCUT2D eigenvalue weighted by Crippen LogP contribution is -2.21. The molecule has 0 atom stereocenters. The molecule has 12 heavy (non-hydrogen) atoms. The second-order valence-electron chi connectivity index (χ2n) is 2.44. The van der Waals surface area contributed by atoms with Gasteiger partial charge in [-0.15, -0.1) is 12.4 Å². The molecule has 0 aliphatic rings. The number of nitrogens with zero attached hydrogens (tertiary/aromatic N) is 2. The summed E-state index contributed by atoms with van der Waals surface area (Å²) in [6.45, 7) is 0. The molecule has 0 fully saturated rings. The Bertz CT molecular complexity index is 248. The van der Waals surface area contributed by atoms with E-state index in [9.17, 15) is 4.79 Å². The molecule has 0 N–H and O–H groups in total. The molecule has 0 aliphatic heterocycles. The van der Waals surface area contributed by atoms with Gasteiger partial charge in [0, 0.05) is 32.1 Å². The minimum Gasteiger partial charge on any atom is -0.345 e. The van der Waals surface area contributed by atoms with Crippen molar-refractivity contribution >= 4 is 18.3 Å². The molecule has 3 nitrogen and oxygen atoms in total. The minimum atomic E-state index is 0. The van der Waals surface area contributed by atoms with E-state index in [1.807, 2.05) is 0 Å². The lowest BCUT2D eigenvalue weighted by Gasteiger charge is -2.08. The normalized spacial score (nSPS) is 8.50. The first-order chi connectivity index (χ1) is 5.22. The first kappa shape index (κ1) is 10.9. The summed E-state index contributed by atoms with van der Waals surface area (Å²) in [6, 6.07) is 3.39. The molecule has 0 aromatic carbocycles. The number of aromatic nitrogens is 1. The summed E-state index contributed by atoms with van der Waals surface area (Å²) in [5.41, 5.74) is 0.671. The Morgan fingerprint density at radius 1 is 1.33 bits per heavy atom. The average molecular weight is 187 g/mol. The second-order valence-corrected chi connectivity index (χ2v) is 2.44. The van der Waals surface area contributed by atoms with Crippen LogP contribution < -0.4 is 0 Å². The van der Waals surface area contributed by atoms with Gasteiger partial charge in [-0.3, -0.25) is 9.78 Å². The Labute approximate surface area is 77.8 Å². The number of carbonyl (C=O) groups excluding carboxylic acids is 1. The number of amides is 1. The van der Waals surface area contributed by atoms with Gasteiger partial charge in [0.2, 0.25) is 0 Å². The first-order valence-corrected chi connectivity index (χ1v) is 3.33. The molecule has 0 radical (unpaired) electrons. The SMILES string of the molecule is CN(C)C(=O)c1ccncc1.Cl. The van der Waals surface area contributed by atoms with Crippen molar-refractivity contribution in [3.8, 4) is 0 Å². The molecule has 0 saturated carbocycles. The smallest absolute Gasteiger partial charge is 0.253 e. The van der Waals surface area contributed by atoms with Crippen molar-refractivity contribution in [2.45, 2.75) is 0 Å². The maximum Gasteiger partial charge on any atom is 0.253 e. The lowest BCUT2D eigenvalue weighted by atomic mass is 10.2. The van der Waals surface area contributed by atoms with Crippen molar-refractivity contribution in [1.29, 1.82) is 0 Å². The maximum absolute atomic E-state index is 11.2. The molecule has 0 spiro atoms. The third-order valence-corrected chi connectivity index (χ3v) is 1.33. The van der Waals surface area contributed by atoms with Gasteiger partial charge < -0.3 is 4.90 Å². The van der Waals surface area contributed by atoms with Gasteiger partial charge in [0.25, 0.3) is 5.91 Å². The molecule has 1 aromatic rings. The number of rotatable bonds is 1. The van der Waals surface area contributed by atoms with E-state index in [-0.39, 0.29) is 18.3 Å². The van der Waals surface area contributed by atoms with Gasteiger partial charge in [0.1, 0.15) is 0 Å². The van der Waals surface area contributed by atoms with Crippen LogP contribution in [0.4, 0.5) is 0 Å². The highest BCUT2D eigenvalue weighted by atomic mass is 35.5. The molecule has 1 aromatic heterocycles. The Balaban J connectivity index is 0.00000121. The third-order valence-electron chi connectivity index (χ3n) is 1.33. The third kappa shape index (κ3) is 2.51.